The number of pyridine rings is 1. The van der Waals surface area contributed by atoms with Crippen LogP contribution >= 0.6 is 34.7 Å². The van der Waals surface area contributed by atoms with Crippen molar-refractivity contribution in [2.45, 2.75) is 42.1 Å². The second-order valence-corrected chi connectivity index (χ2v) is 23.2. The summed E-state index contributed by atoms with van der Waals surface area (Å²) in [5, 5.41) is 24.7. The first kappa shape index (κ1) is 60.3. The molecule has 1 saturated heterocycles. The average molecular weight is 1250 g/mol. The number of carbonyl (C=O) groups excluding carboxylic acids is 3. The van der Waals surface area contributed by atoms with E-state index in [2.05, 4.69) is 15.8 Å². The molecule has 3 atom stereocenters. The third-order valence-electron chi connectivity index (χ3n) is 15.4. The van der Waals surface area contributed by atoms with E-state index >= 15 is 4.79 Å². The highest BCUT2D eigenvalue weighted by Gasteiger charge is 2.55. The first-order chi connectivity index (χ1) is 44.2. The molecule has 0 saturated carbocycles. The van der Waals surface area contributed by atoms with Crippen molar-refractivity contribution < 1.29 is 43.3 Å². The Morgan fingerprint density at radius 3 is 1.72 bits per heavy atom. The summed E-state index contributed by atoms with van der Waals surface area (Å²) < 4.78 is 24.6. The number of fused-ring (bicyclic) bond motifs is 1. The zero-order chi connectivity index (χ0) is 61.8. The first-order valence-corrected chi connectivity index (χ1v) is 31.3. The van der Waals surface area contributed by atoms with Gasteiger partial charge in [-0.2, -0.15) is 0 Å². The summed E-state index contributed by atoms with van der Waals surface area (Å²) in [5.74, 6) is -1.47. The largest absolute Gasteiger partial charge is 0.504 e. The van der Waals surface area contributed by atoms with Crippen molar-refractivity contribution in [3.8, 4) is 17.2 Å². The smallest absolute Gasteiger partial charge is 0.355 e. The van der Waals surface area contributed by atoms with Gasteiger partial charge in [0, 0.05) is 23.1 Å². The number of oxime groups is 1. The summed E-state index contributed by atoms with van der Waals surface area (Å²) in [7, 11) is 1.56. The fourth-order valence-corrected chi connectivity index (χ4v) is 13.3. The molecule has 18 heteroatoms. The summed E-state index contributed by atoms with van der Waals surface area (Å²) in [6.07, 6.45) is -1.59. The summed E-state index contributed by atoms with van der Waals surface area (Å²) in [6.45, 7) is -0.0758. The van der Waals surface area contributed by atoms with Crippen molar-refractivity contribution >= 4 is 63.3 Å². The van der Waals surface area contributed by atoms with Crippen molar-refractivity contribution in [2.24, 2.45) is 5.16 Å². The summed E-state index contributed by atoms with van der Waals surface area (Å²) in [4.78, 5) is 61.7. The van der Waals surface area contributed by atoms with Crippen LogP contribution < -0.4 is 20.1 Å². The monoisotopic (exact) mass is 1250 g/mol. The van der Waals surface area contributed by atoms with Gasteiger partial charge in [0.15, 0.2) is 22.3 Å². The summed E-state index contributed by atoms with van der Waals surface area (Å²) >= 11 is 9.02. The number of aromatic nitrogens is 2. The van der Waals surface area contributed by atoms with Gasteiger partial charge in [-0.05, 0) is 62.2 Å². The quantitative estimate of drug-likeness (QED) is 0.00989. The molecular formula is C72H59ClN6O9S2. The molecule has 1 fully saturated rings. The van der Waals surface area contributed by atoms with E-state index in [0.29, 0.717) is 22.0 Å². The van der Waals surface area contributed by atoms with Crippen molar-refractivity contribution in [3.63, 3.8) is 0 Å². The molecule has 3 N–H and O–H groups in total. The van der Waals surface area contributed by atoms with Gasteiger partial charge in [0.05, 0.1) is 13.3 Å². The van der Waals surface area contributed by atoms with Gasteiger partial charge in [0.25, 0.3) is 18.1 Å². The van der Waals surface area contributed by atoms with Crippen LogP contribution in [-0.2, 0) is 40.8 Å². The number of rotatable bonds is 24. The molecular weight excluding hydrogens is 1190 g/mol. The molecule has 2 aliphatic heterocycles. The van der Waals surface area contributed by atoms with E-state index in [1.165, 1.54) is 40.3 Å². The van der Waals surface area contributed by atoms with E-state index < -0.39 is 53.2 Å². The van der Waals surface area contributed by atoms with Crippen molar-refractivity contribution in [1.82, 2.24) is 20.2 Å². The third-order valence-corrected chi connectivity index (χ3v) is 17.8. The van der Waals surface area contributed by atoms with Crippen LogP contribution in [0.1, 0.15) is 74.4 Å². The van der Waals surface area contributed by atoms with Crippen molar-refractivity contribution in [3.05, 3.63) is 321 Å². The van der Waals surface area contributed by atoms with Crippen LogP contribution in [0.15, 0.2) is 271 Å². The van der Waals surface area contributed by atoms with Crippen LogP contribution in [0.4, 0.5) is 5.13 Å². The molecule has 0 spiro atoms. The zero-order valence-electron chi connectivity index (χ0n) is 48.5. The molecule has 8 aromatic carbocycles. The number of benzene rings is 8. The maximum absolute atomic E-state index is 15.4. The number of halogens is 1. The molecule has 12 rings (SSSR count). The second kappa shape index (κ2) is 28.0. The number of β-lactam (4-membered cyclic amide) rings is 1. The fraction of sp³-hybridized carbons (Fsp3) is 0.139. The van der Waals surface area contributed by atoms with E-state index in [9.17, 15) is 14.7 Å². The Hall–Kier alpha value is -10.0. The number of hydrogen-bond acceptors (Lipinski definition) is 15. The van der Waals surface area contributed by atoms with Gasteiger partial charge in [-0.25, -0.2) is 9.78 Å². The van der Waals surface area contributed by atoms with Crippen LogP contribution in [0.2, 0.25) is 0 Å². The molecule has 10 aromatic rings. The SMILES string of the molecule is COc1ccc(COC(=O)C2=C(CCl)CS[C@@H]3[C@H](NC(=O)C(=NOC(OC(c4ccccc4)c4ccccc4)c4cc(O)c(OC(c5ccccc5)c5ccccc5)cn4)c4csc(NC(c5ccccc5)(c5ccccc5)c5ccccc5)n4)C(=O)N23)cc1. The zero-order valence-corrected chi connectivity index (χ0v) is 50.8. The Morgan fingerprint density at radius 1 is 0.711 bits per heavy atom. The van der Waals surface area contributed by atoms with E-state index in [4.69, 9.17) is 45.4 Å². The maximum atomic E-state index is 15.4. The number of nitrogens with one attached hydrogen (secondary N) is 2. The highest BCUT2D eigenvalue weighted by Crippen LogP contribution is 2.44. The number of alkyl halides is 1. The lowest BCUT2D eigenvalue weighted by Gasteiger charge is -2.49. The van der Waals surface area contributed by atoms with Crippen LogP contribution in [0.25, 0.3) is 0 Å². The molecule has 0 bridgehead atoms. The molecule has 15 nitrogen and oxygen atoms in total. The van der Waals surface area contributed by atoms with Gasteiger partial charge in [-0.1, -0.05) is 230 Å². The Labute approximate surface area is 533 Å². The van der Waals surface area contributed by atoms with Crippen molar-refractivity contribution in [2.75, 3.05) is 24.1 Å². The number of nitrogens with zero attached hydrogens (tertiary/aromatic N) is 4. The highest BCUT2D eigenvalue weighted by molar-refractivity contribution is 8.00. The molecule has 90 heavy (non-hydrogen) atoms. The number of ether oxygens (including phenoxy) is 4. The predicted octanol–water partition coefficient (Wildman–Crippen LogP) is 13.7. The minimum absolute atomic E-state index is 0.0260. The standard InChI is InChI=1S/C72H59ClN6O9S2/c1-84-56-39-37-47(38-40-56)44-85-69(83)63-52(42-73)45-89-68-62(67(82)79(63)68)76-66(81)61(58-46-90-71(75-58)77-72(53-31-17-6-18-32-53,54-33-19-7-20-34-54)55-35-21-8-22-36-55)78-88-70(87-65(50-27-13-4-14-28-50)51-29-15-5-16-30-51)57-41-59(80)60(43-74-57)86-64(48-23-9-2-10-24-48)49-25-11-3-12-26-49/h2-41,43,46,62,64-65,68,70H,42,44-45H2,1H3,(H,74,80)(H,75,77)(H,76,81)/t62-,68-,70?/m1/s1. The molecule has 0 radical (unpaired) electrons. The minimum Gasteiger partial charge on any atom is -0.504 e. The van der Waals surface area contributed by atoms with E-state index in [1.807, 2.05) is 212 Å². The maximum Gasteiger partial charge on any atom is 0.355 e. The molecule has 4 heterocycles. The Balaban J connectivity index is 0.924. The minimum atomic E-state index is -1.55. The number of carbonyl (C=O) groups is 3. The highest BCUT2D eigenvalue weighted by atomic mass is 35.5. The number of anilines is 1. The van der Waals surface area contributed by atoms with E-state index in [0.717, 1.165) is 38.9 Å². The number of aromatic hydroxyl groups is 1. The molecule has 1 unspecified atom stereocenters. The lowest BCUT2D eigenvalue weighted by atomic mass is 9.77. The van der Waals surface area contributed by atoms with E-state index in [1.54, 1.807) is 36.8 Å². The summed E-state index contributed by atoms with van der Waals surface area (Å²) in [6, 6.07) is 75.6. The van der Waals surface area contributed by atoms with Gasteiger partial charge in [-0.3, -0.25) is 19.5 Å². The topological polar surface area (TPSA) is 183 Å². The van der Waals surface area contributed by atoms with Gasteiger partial charge in [0.2, 0.25) is 0 Å². The van der Waals surface area contributed by atoms with Gasteiger partial charge in [0.1, 0.15) is 58.6 Å². The number of thioether (sulfide) groups is 1. The molecule has 2 amide bonds. The number of esters is 1. The van der Waals surface area contributed by atoms with Gasteiger partial charge in [-0.15, -0.1) is 34.7 Å². The molecule has 2 aliphatic rings. The number of thiazole rings is 1. The number of amides is 2. The van der Waals surface area contributed by atoms with Crippen LogP contribution in [0.3, 0.4) is 0 Å². The van der Waals surface area contributed by atoms with Crippen LogP contribution in [-0.4, -0.2) is 73.6 Å². The first-order valence-electron chi connectivity index (χ1n) is 28.9. The molecule has 450 valence electrons. The normalized spacial score (nSPS) is 15.1. The average Bonchev–Trinajstić information content (AvgIpc) is 0.919. The number of methoxy groups -OCH3 is 1. The van der Waals surface area contributed by atoms with Crippen LogP contribution in [0.5, 0.6) is 17.2 Å². The molecule has 0 aliphatic carbocycles. The van der Waals surface area contributed by atoms with Crippen LogP contribution in [0, 0.1) is 0 Å². The molecule has 2 aromatic heterocycles. The Kier molecular flexibility index (Phi) is 18.7. The Bertz CT molecular complexity index is 3960. The van der Waals surface area contributed by atoms with E-state index in [-0.39, 0.29) is 52.5 Å². The number of hydrogen-bond donors (Lipinski definition) is 3. The fourth-order valence-electron chi connectivity index (χ4n) is 10.9. The Morgan fingerprint density at radius 2 is 1.22 bits per heavy atom. The van der Waals surface area contributed by atoms with Gasteiger partial charge >= 0.3 is 5.97 Å². The third kappa shape index (κ3) is 13.1. The second-order valence-electron chi connectivity index (χ2n) is 21.0. The lowest BCUT2D eigenvalue weighted by Crippen LogP contribution is -2.71. The van der Waals surface area contributed by atoms with Crippen molar-refractivity contribution in [1.29, 1.82) is 0 Å². The lowest BCUT2D eigenvalue weighted by molar-refractivity contribution is -0.170. The summed E-state index contributed by atoms with van der Waals surface area (Å²) in [5.41, 5.74) is 5.95. The predicted molar refractivity (Wildman–Crippen MR) is 348 cm³/mol. The van der Waals surface area contributed by atoms with Gasteiger partial charge < -0.3 is 39.5 Å².